The van der Waals surface area contributed by atoms with E-state index in [1.807, 2.05) is 30.3 Å². The summed E-state index contributed by atoms with van der Waals surface area (Å²) in [7, 11) is 1.57. The van der Waals surface area contributed by atoms with Gasteiger partial charge in [-0.25, -0.2) is 0 Å². The van der Waals surface area contributed by atoms with E-state index in [0.29, 0.717) is 41.5 Å². The Balaban J connectivity index is 1.68. The number of ketones is 1. The van der Waals surface area contributed by atoms with Gasteiger partial charge in [0.05, 0.1) is 21.7 Å². The molecule has 1 N–H and O–H groups in total. The van der Waals surface area contributed by atoms with Crippen molar-refractivity contribution in [2.45, 2.75) is 19.1 Å². The van der Waals surface area contributed by atoms with Crippen LogP contribution in [0.2, 0.25) is 10.0 Å². The molecule has 0 saturated carbocycles. The number of methoxy groups -OCH3 is 1. The summed E-state index contributed by atoms with van der Waals surface area (Å²) in [4.78, 5) is 27.6. The highest BCUT2D eigenvalue weighted by Crippen LogP contribution is 2.40. The standard InChI is InChI=1S/C28H25Cl2NO5/c1-35-15-5-14-31-25(19-8-11-21(12-9-19)36-17-18-6-3-2-4-7-18)24(27(33)28(31)34)26(32)20-10-13-22(29)23(30)16-20/h2-4,6-13,16,25,32H,5,14-15,17H2,1H3/b26-24-. The highest BCUT2D eigenvalue weighted by Gasteiger charge is 2.45. The van der Waals surface area contributed by atoms with Gasteiger partial charge in [-0.1, -0.05) is 65.7 Å². The van der Waals surface area contributed by atoms with Gasteiger partial charge in [-0.05, 0) is 47.9 Å². The van der Waals surface area contributed by atoms with Crippen LogP contribution < -0.4 is 4.74 Å². The van der Waals surface area contributed by atoms with Crippen LogP contribution >= 0.6 is 23.2 Å². The molecule has 0 aliphatic carbocycles. The summed E-state index contributed by atoms with van der Waals surface area (Å²) in [5.41, 5.74) is 2.00. The van der Waals surface area contributed by atoms with Crippen LogP contribution in [-0.2, 0) is 20.9 Å². The predicted octanol–water partition coefficient (Wildman–Crippen LogP) is 6.03. The van der Waals surface area contributed by atoms with E-state index in [2.05, 4.69) is 0 Å². The molecule has 1 unspecified atom stereocenters. The van der Waals surface area contributed by atoms with Crippen LogP contribution in [0.1, 0.15) is 29.2 Å². The minimum Gasteiger partial charge on any atom is -0.507 e. The lowest BCUT2D eigenvalue weighted by molar-refractivity contribution is -0.140. The Hall–Kier alpha value is -3.32. The lowest BCUT2D eigenvalue weighted by Crippen LogP contribution is -2.31. The number of Topliss-reactive ketones (excluding diaryl/α,β-unsaturated/α-hetero) is 1. The fraction of sp³-hybridized carbons (Fsp3) is 0.214. The Morgan fingerprint density at radius 3 is 2.36 bits per heavy atom. The molecule has 4 rings (SSSR count). The SMILES string of the molecule is COCCCN1C(=O)C(=O)/C(=C(\O)c2ccc(Cl)c(Cl)c2)C1c1ccc(OCc2ccccc2)cc1. The summed E-state index contributed by atoms with van der Waals surface area (Å²) in [6.07, 6.45) is 0.533. The first-order chi connectivity index (χ1) is 17.4. The smallest absolute Gasteiger partial charge is 0.295 e. The van der Waals surface area contributed by atoms with E-state index in [4.69, 9.17) is 32.7 Å². The van der Waals surface area contributed by atoms with Gasteiger partial charge in [0.25, 0.3) is 11.7 Å². The molecule has 0 spiro atoms. The van der Waals surface area contributed by atoms with Crippen LogP contribution in [-0.4, -0.2) is 42.0 Å². The van der Waals surface area contributed by atoms with Crippen molar-refractivity contribution in [2.24, 2.45) is 0 Å². The number of hydrogen-bond acceptors (Lipinski definition) is 5. The van der Waals surface area contributed by atoms with Gasteiger partial charge in [-0.2, -0.15) is 0 Å². The zero-order valence-electron chi connectivity index (χ0n) is 19.6. The van der Waals surface area contributed by atoms with Crippen LogP contribution in [0, 0.1) is 0 Å². The van der Waals surface area contributed by atoms with E-state index < -0.39 is 17.7 Å². The number of likely N-dealkylation sites (tertiary alicyclic amines) is 1. The number of carbonyl (C=O) groups is 2. The van der Waals surface area contributed by atoms with Gasteiger partial charge in [0.1, 0.15) is 18.1 Å². The number of nitrogens with zero attached hydrogens (tertiary/aromatic N) is 1. The molecule has 1 saturated heterocycles. The minimum absolute atomic E-state index is 0.00578. The fourth-order valence-corrected chi connectivity index (χ4v) is 4.42. The van der Waals surface area contributed by atoms with Crippen LogP contribution in [0.15, 0.2) is 78.4 Å². The maximum Gasteiger partial charge on any atom is 0.295 e. The monoisotopic (exact) mass is 525 g/mol. The third kappa shape index (κ3) is 5.57. The van der Waals surface area contributed by atoms with Crippen LogP contribution in [0.3, 0.4) is 0 Å². The molecule has 3 aromatic carbocycles. The van der Waals surface area contributed by atoms with Gasteiger partial charge in [0, 0.05) is 25.8 Å². The van der Waals surface area contributed by atoms with Crippen LogP contribution in [0.25, 0.3) is 5.76 Å². The number of amides is 1. The lowest BCUT2D eigenvalue weighted by atomic mass is 9.95. The van der Waals surface area contributed by atoms with Gasteiger partial charge in [0.15, 0.2) is 0 Å². The second kappa shape index (κ2) is 11.6. The molecule has 1 aliphatic rings. The third-order valence-corrected chi connectivity index (χ3v) is 6.66. The average Bonchev–Trinajstić information content (AvgIpc) is 3.15. The molecule has 0 aromatic heterocycles. The maximum atomic E-state index is 13.1. The maximum absolute atomic E-state index is 13.1. The van der Waals surface area contributed by atoms with Crippen molar-refractivity contribution in [3.05, 3.63) is 105 Å². The van der Waals surface area contributed by atoms with Crippen molar-refractivity contribution in [1.82, 2.24) is 4.90 Å². The molecular weight excluding hydrogens is 501 g/mol. The predicted molar refractivity (Wildman–Crippen MR) is 139 cm³/mol. The normalized spacial score (nSPS) is 17.0. The molecule has 1 amide bonds. The molecule has 186 valence electrons. The minimum atomic E-state index is -0.778. The molecule has 3 aromatic rings. The van der Waals surface area contributed by atoms with Crippen LogP contribution in [0.5, 0.6) is 5.75 Å². The molecule has 1 fully saturated rings. The molecule has 0 bridgehead atoms. The molecule has 8 heteroatoms. The zero-order chi connectivity index (χ0) is 25.7. The second-order valence-electron chi connectivity index (χ2n) is 8.31. The number of ether oxygens (including phenoxy) is 2. The summed E-state index contributed by atoms with van der Waals surface area (Å²) in [6, 6.07) is 20.7. The van der Waals surface area contributed by atoms with Crippen molar-refractivity contribution in [3.63, 3.8) is 0 Å². The molecule has 6 nitrogen and oxygen atoms in total. The summed E-state index contributed by atoms with van der Waals surface area (Å²) in [5.74, 6) is -1.11. The largest absolute Gasteiger partial charge is 0.507 e. The van der Waals surface area contributed by atoms with Gasteiger partial charge < -0.3 is 19.5 Å². The van der Waals surface area contributed by atoms with Crippen molar-refractivity contribution >= 4 is 40.7 Å². The summed E-state index contributed by atoms with van der Waals surface area (Å²) >= 11 is 12.1. The third-order valence-electron chi connectivity index (χ3n) is 5.92. The summed E-state index contributed by atoms with van der Waals surface area (Å²) < 4.78 is 11.0. The number of benzene rings is 3. The average molecular weight is 526 g/mol. The van der Waals surface area contributed by atoms with Gasteiger partial charge >= 0.3 is 0 Å². The first-order valence-electron chi connectivity index (χ1n) is 11.4. The number of rotatable bonds is 9. The summed E-state index contributed by atoms with van der Waals surface area (Å²) in [6.45, 7) is 1.12. The van der Waals surface area contributed by atoms with E-state index in [1.165, 1.54) is 17.0 Å². The van der Waals surface area contributed by atoms with Gasteiger partial charge in [-0.3, -0.25) is 9.59 Å². The first-order valence-corrected chi connectivity index (χ1v) is 12.2. The van der Waals surface area contributed by atoms with Crippen molar-refractivity contribution in [1.29, 1.82) is 0 Å². The lowest BCUT2D eigenvalue weighted by Gasteiger charge is -2.25. The molecular formula is C28H25Cl2NO5. The topological polar surface area (TPSA) is 76.1 Å². The van der Waals surface area contributed by atoms with Gasteiger partial charge in [0.2, 0.25) is 0 Å². The van der Waals surface area contributed by atoms with Crippen molar-refractivity contribution in [2.75, 3.05) is 20.3 Å². The van der Waals surface area contributed by atoms with Crippen LogP contribution in [0.4, 0.5) is 0 Å². The highest BCUT2D eigenvalue weighted by molar-refractivity contribution is 6.46. The summed E-state index contributed by atoms with van der Waals surface area (Å²) in [5, 5.41) is 11.7. The van der Waals surface area contributed by atoms with E-state index in [9.17, 15) is 14.7 Å². The van der Waals surface area contributed by atoms with E-state index in [1.54, 1.807) is 37.4 Å². The Bertz CT molecular complexity index is 1270. The highest BCUT2D eigenvalue weighted by atomic mass is 35.5. The Labute approximate surface area is 219 Å². The quantitative estimate of drug-likeness (QED) is 0.160. The van der Waals surface area contributed by atoms with Crippen molar-refractivity contribution in [3.8, 4) is 5.75 Å². The Kier molecular flexibility index (Phi) is 8.31. The zero-order valence-corrected chi connectivity index (χ0v) is 21.1. The number of aliphatic hydroxyl groups excluding tert-OH is 1. The number of halogens is 2. The molecule has 0 radical (unpaired) electrons. The number of hydrogen-bond donors (Lipinski definition) is 1. The molecule has 1 aliphatic heterocycles. The fourth-order valence-electron chi connectivity index (χ4n) is 4.12. The second-order valence-corrected chi connectivity index (χ2v) is 9.13. The van der Waals surface area contributed by atoms with E-state index in [-0.39, 0.29) is 22.9 Å². The Morgan fingerprint density at radius 1 is 0.972 bits per heavy atom. The molecule has 1 atom stereocenters. The first kappa shape index (κ1) is 25.8. The number of aliphatic hydroxyl groups is 1. The molecule has 1 heterocycles. The van der Waals surface area contributed by atoms with Gasteiger partial charge in [-0.15, -0.1) is 0 Å². The van der Waals surface area contributed by atoms with E-state index in [0.717, 1.165) is 5.56 Å². The number of carbonyl (C=O) groups excluding carboxylic acids is 2. The molecule has 36 heavy (non-hydrogen) atoms. The van der Waals surface area contributed by atoms with E-state index >= 15 is 0 Å². The van der Waals surface area contributed by atoms with Crippen molar-refractivity contribution < 1.29 is 24.2 Å². The Morgan fingerprint density at radius 2 is 1.69 bits per heavy atom.